The third kappa shape index (κ3) is 2.67. The molecule has 0 saturated heterocycles. The highest BCUT2D eigenvalue weighted by atomic mass is 19.4. The van der Waals surface area contributed by atoms with Crippen LogP contribution in [-0.2, 0) is 6.18 Å². The average Bonchev–Trinajstić information content (AvgIpc) is 3.03. The van der Waals surface area contributed by atoms with Crippen LogP contribution >= 0.6 is 0 Å². The number of pyridine rings is 1. The zero-order chi connectivity index (χ0) is 18.3. The van der Waals surface area contributed by atoms with Crippen molar-refractivity contribution < 1.29 is 13.2 Å². The normalized spacial score (nSPS) is 11.8. The topological polar surface area (TPSA) is 50.7 Å². The van der Waals surface area contributed by atoms with Gasteiger partial charge in [-0.1, -0.05) is 48.5 Å². The molecule has 7 heteroatoms. The summed E-state index contributed by atoms with van der Waals surface area (Å²) in [4.78, 5) is 14.9. The van der Waals surface area contributed by atoms with Crippen molar-refractivity contribution in [2.24, 2.45) is 0 Å². The first-order valence-electron chi connectivity index (χ1n) is 7.79. The Morgan fingerprint density at radius 3 is 2.15 bits per heavy atom. The summed E-state index contributed by atoms with van der Waals surface area (Å²) >= 11 is 0. The van der Waals surface area contributed by atoms with E-state index in [4.69, 9.17) is 0 Å². The summed E-state index contributed by atoms with van der Waals surface area (Å²) in [6.07, 6.45) is -4.66. The van der Waals surface area contributed by atoms with E-state index in [0.717, 1.165) is 0 Å². The van der Waals surface area contributed by atoms with E-state index in [-0.39, 0.29) is 11.0 Å². The highest BCUT2D eigenvalue weighted by Gasteiger charge is 2.33. The van der Waals surface area contributed by atoms with Crippen LogP contribution in [0.15, 0.2) is 71.5 Å². The van der Waals surface area contributed by atoms with Crippen molar-refractivity contribution in [2.45, 2.75) is 6.18 Å². The van der Waals surface area contributed by atoms with E-state index in [0.29, 0.717) is 23.0 Å². The lowest BCUT2D eigenvalue weighted by atomic mass is 10.1. The van der Waals surface area contributed by atoms with Crippen LogP contribution in [0.25, 0.3) is 28.0 Å². The number of hydrogen-bond acceptors (Lipinski definition) is 2. The Kier molecular flexibility index (Phi) is 3.64. The maximum Gasteiger partial charge on any atom is 0.431 e. The van der Waals surface area contributed by atoms with E-state index in [1.54, 1.807) is 54.6 Å². The number of hydrogen-bond donors (Lipinski definition) is 1. The minimum atomic E-state index is -4.66. The van der Waals surface area contributed by atoms with E-state index in [9.17, 15) is 18.0 Å². The Balaban J connectivity index is 2.10. The highest BCUT2D eigenvalue weighted by Crippen LogP contribution is 2.31. The molecule has 0 bridgehead atoms. The average molecular weight is 355 g/mol. The third-order valence-corrected chi connectivity index (χ3v) is 4.01. The van der Waals surface area contributed by atoms with E-state index in [2.05, 4.69) is 10.1 Å². The smallest absolute Gasteiger partial charge is 0.335 e. The predicted octanol–water partition coefficient (Wildman–Crippen LogP) is 4.40. The second kappa shape index (κ2) is 5.87. The van der Waals surface area contributed by atoms with Crippen LogP contribution in [0.1, 0.15) is 5.69 Å². The van der Waals surface area contributed by atoms with Gasteiger partial charge in [-0.15, -0.1) is 0 Å². The second-order valence-corrected chi connectivity index (χ2v) is 5.73. The molecule has 0 fully saturated rings. The van der Waals surface area contributed by atoms with Crippen LogP contribution in [0.2, 0.25) is 0 Å². The van der Waals surface area contributed by atoms with Gasteiger partial charge in [0.2, 0.25) is 0 Å². The molecule has 1 N–H and O–H groups in total. The van der Waals surface area contributed by atoms with Crippen LogP contribution in [0, 0.1) is 0 Å². The first-order chi connectivity index (χ1) is 12.4. The minimum absolute atomic E-state index is 0.00915. The summed E-state index contributed by atoms with van der Waals surface area (Å²) in [5, 5.41) is 4.55. The van der Waals surface area contributed by atoms with E-state index >= 15 is 0 Å². The van der Waals surface area contributed by atoms with Crippen molar-refractivity contribution in [3.05, 3.63) is 82.6 Å². The molecule has 2 heterocycles. The van der Waals surface area contributed by atoms with Crippen molar-refractivity contribution in [1.29, 1.82) is 0 Å². The molecule has 130 valence electrons. The van der Waals surface area contributed by atoms with Gasteiger partial charge in [-0.05, 0) is 12.1 Å². The summed E-state index contributed by atoms with van der Waals surface area (Å²) in [5.41, 5.74) is -0.291. The second-order valence-electron chi connectivity index (χ2n) is 5.73. The molecule has 2 aromatic carbocycles. The van der Waals surface area contributed by atoms with Gasteiger partial charge in [-0.25, -0.2) is 4.68 Å². The molecule has 0 spiro atoms. The number of benzene rings is 2. The van der Waals surface area contributed by atoms with Crippen molar-refractivity contribution in [3.63, 3.8) is 0 Å². The molecule has 4 aromatic rings. The molecule has 0 aliphatic carbocycles. The number of nitrogens with zero attached hydrogens (tertiary/aromatic N) is 2. The largest absolute Gasteiger partial charge is 0.431 e. The molecule has 0 atom stereocenters. The van der Waals surface area contributed by atoms with Gasteiger partial charge in [-0.3, -0.25) is 4.79 Å². The molecular weight excluding hydrogens is 343 g/mol. The number of fused-ring (bicyclic) bond motifs is 1. The van der Waals surface area contributed by atoms with Crippen molar-refractivity contribution in [2.75, 3.05) is 0 Å². The number of aromatic amines is 1. The van der Waals surface area contributed by atoms with Gasteiger partial charge in [-0.2, -0.15) is 18.3 Å². The first-order valence-corrected chi connectivity index (χ1v) is 7.79. The first kappa shape index (κ1) is 16.1. The van der Waals surface area contributed by atoms with Crippen molar-refractivity contribution in [1.82, 2.24) is 14.8 Å². The Labute approximate surface area is 145 Å². The molecule has 0 saturated carbocycles. The molecule has 26 heavy (non-hydrogen) atoms. The summed E-state index contributed by atoms with van der Waals surface area (Å²) < 4.78 is 40.8. The minimum Gasteiger partial charge on any atom is -0.335 e. The number of alkyl halides is 3. The van der Waals surface area contributed by atoms with Gasteiger partial charge in [0, 0.05) is 11.6 Å². The lowest BCUT2D eigenvalue weighted by Crippen LogP contribution is -2.14. The summed E-state index contributed by atoms with van der Waals surface area (Å²) in [7, 11) is 0. The maximum atomic E-state index is 13.2. The Morgan fingerprint density at radius 1 is 0.923 bits per heavy atom. The fraction of sp³-hybridized carbons (Fsp3) is 0.0526. The molecule has 0 radical (unpaired) electrons. The molecule has 0 aliphatic rings. The van der Waals surface area contributed by atoms with Gasteiger partial charge in [0.05, 0.1) is 11.1 Å². The highest BCUT2D eigenvalue weighted by molar-refractivity contribution is 5.92. The standard InChI is InChI=1S/C19H12F3N3O/c20-19(21,22)15-11-14(26)16-17(12-7-3-1-4-8-12)24-25(18(16)23-15)13-9-5-2-6-10-13/h1-11H,(H,23,26). The predicted molar refractivity (Wildman–Crippen MR) is 92.1 cm³/mol. The molecule has 4 nitrogen and oxygen atoms in total. The zero-order valence-electron chi connectivity index (χ0n) is 13.3. The lowest BCUT2D eigenvalue weighted by Gasteiger charge is -2.08. The van der Waals surface area contributed by atoms with E-state index in [1.165, 1.54) is 4.68 Å². The summed E-state index contributed by atoms with van der Waals surface area (Å²) in [6.45, 7) is 0. The molecule has 0 amide bonds. The quantitative estimate of drug-likeness (QED) is 0.579. The Hall–Kier alpha value is -3.35. The fourth-order valence-electron chi connectivity index (χ4n) is 2.84. The van der Waals surface area contributed by atoms with E-state index in [1.807, 2.05) is 6.07 Å². The van der Waals surface area contributed by atoms with Gasteiger partial charge >= 0.3 is 6.18 Å². The molecule has 0 aliphatic heterocycles. The SMILES string of the molecule is O=c1cc(C(F)(F)F)[nH]c2c1c(-c1ccccc1)nn2-c1ccccc1. The monoisotopic (exact) mass is 355 g/mol. The number of rotatable bonds is 2. The van der Waals surface area contributed by atoms with Crippen LogP contribution in [0.4, 0.5) is 13.2 Å². The number of halogens is 3. The molecule has 4 rings (SSSR count). The van der Waals surface area contributed by atoms with E-state index < -0.39 is 17.3 Å². The Bertz CT molecular complexity index is 1130. The number of nitrogens with one attached hydrogen (secondary N) is 1. The number of para-hydroxylation sites is 1. The molecular formula is C19H12F3N3O. The zero-order valence-corrected chi connectivity index (χ0v) is 13.3. The fourth-order valence-corrected chi connectivity index (χ4v) is 2.84. The van der Waals surface area contributed by atoms with Crippen LogP contribution in [0.5, 0.6) is 0 Å². The van der Waals surface area contributed by atoms with Gasteiger partial charge in [0.25, 0.3) is 0 Å². The third-order valence-electron chi connectivity index (χ3n) is 4.01. The van der Waals surface area contributed by atoms with Gasteiger partial charge in [0.1, 0.15) is 17.0 Å². The van der Waals surface area contributed by atoms with Crippen LogP contribution in [-0.4, -0.2) is 14.8 Å². The number of aromatic nitrogens is 3. The lowest BCUT2D eigenvalue weighted by molar-refractivity contribution is -0.141. The van der Waals surface area contributed by atoms with Crippen LogP contribution < -0.4 is 5.43 Å². The number of H-pyrrole nitrogens is 1. The van der Waals surface area contributed by atoms with Gasteiger partial charge < -0.3 is 4.98 Å². The van der Waals surface area contributed by atoms with Crippen molar-refractivity contribution >= 4 is 11.0 Å². The maximum absolute atomic E-state index is 13.2. The summed E-state index contributed by atoms with van der Waals surface area (Å²) in [5.74, 6) is 0. The van der Waals surface area contributed by atoms with Crippen molar-refractivity contribution in [3.8, 4) is 16.9 Å². The molecule has 2 aromatic heterocycles. The van der Waals surface area contributed by atoms with Gasteiger partial charge in [0.15, 0.2) is 5.43 Å². The summed E-state index contributed by atoms with van der Waals surface area (Å²) in [6, 6.07) is 18.2. The van der Waals surface area contributed by atoms with Crippen LogP contribution in [0.3, 0.4) is 0 Å². The molecule has 0 unspecified atom stereocenters. The Morgan fingerprint density at radius 2 is 1.54 bits per heavy atom.